The number of nitrogens with zero attached hydrogens (tertiary/aromatic N) is 1. The van der Waals surface area contributed by atoms with E-state index < -0.39 is 0 Å². The molecule has 0 aliphatic carbocycles. The van der Waals surface area contributed by atoms with Crippen LogP contribution in [0.15, 0.2) is 48.5 Å². The lowest BCUT2D eigenvalue weighted by Gasteiger charge is -2.32. The molecule has 0 atom stereocenters. The summed E-state index contributed by atoms with van der Waals surface area (Å²) in [7, 11) is 0. The van der Waals surface area contributed by atoms with Gasteiger partial charge in [-0.3, -0.25) is 4.79 Å². The molecule has 0 aromatic heterocycles. The molecular formula is C24H33ClN2O3. The molecule has 1 heterocycles. The van der Waals surface area contributed by atoms with Gasteiger partial charge < -0.3 is 20.1 Å². The molecule has 2 N–H and O–H groups in total. The molecule has 2 aromatic carbocycles. The number of carbonyl (C=O) groups excluding carboxylic acids is 1. The van der Waals surface area contributed by atoms with Gasteiger partial charge in [-0.25, -0.2) is 0 Å². The minimum atomic E-state index is 0. The summed E-state index contributed by atoms with van der Waals surface area (Å²) >= 11 is 0. The van der Waals surface area contributed by atoms with Crippen molar-refractivity contribution in [2.45, 2.75) is 45.3 Å². The molecule has 6 heteroatoms. The number of benzene rings is 2. The minimum Gasteiger partial charge on any atom is -0.489 e. The molecule has 5 nitrogen and oxygen atoms in total. The second-order valence-corrected chi connectivity index (χ2v) is 7.70. The molecule has 1 aliphatic heterocycles. The zero-order valence-electron chi connectivity index (χ0n) is 17.7. The molecule has 0 unspecified atom stereocenters. The van der Waals surface area contributed by atoms with E-state index in [1.807, 2.05) is 35.2 Å². The zero-order chi connectivity index (χ0) is 20.5. The van der Waals surface area contributed by atoms with E-state index in [1.165, 1.54) is 5.56 Å². The Morgan fingerprint density at radius 1 is 1.10 bits per heavy atom. The topological polar surface area (TPSA) is 64.8 Å². The molecule has 0 radical (unpaired) electrons. The number of amides is 1. The van der Waals surface area contributed by atoms with Gasteiger partial charge in [-0.15, -0.1) is 12.4 Å². The van der Waals surface area contributed by atoms with Crippen molar-refractivity contribution in [3.05, 3.63) is 65.2 Å². The Morgan fingerprint density at radius 3 is 2.57 bits per heavy atom. The summed E-state index contributed by atoms with van der Waals surface area (Å²) in [4.78, 5) is 14.6. The highest BCUT2D eigenvalue weighted by Gasteiger charge is 2.23. The van der Waals surface area contributed by atoms with Crippen LogP contribution in [-0.4, -0.2) is 43.2 Å². The van der Waals surface area contributed by atoms with Crippen molar-refractivity contribution in [2.24, 2.45) is 5.73 Å². The fraction of sp³-hybridized carbons (Fsp3) is 0.458. The lowest BCUT2D eigenvalue weighted by molar-refractivity contribution is -0.133. The first kappa shape index (κ1) is 24.2. The van der Waals surface area contributed by atoms with Crippen LogP contribution >= 0.6 is 12.4 Å². The van der Waals surface area contributed by atoms with Crippen molar-refractivity contribution in [3.63, 3.8) is 0 Å². The molecule has 30 heavy (non-hydrogen) atoms. The predicted octanol–water partition coefficient (Wildman–Crippen LogP) is 3.89. The van der Waals surface area contributed by atoms with E-state index in [0.717, 1.165) is 49.2 Å². The first-order chi connectivity index (χ1) is 14.1. The molecule has 1 saturated heterocycles. The van der Waals surface area contributed by atoms with Crippen molar-refractivity contribution < 1.29 is 14.3 Å². The predicted molar refractivity (Wildman–Crippen MR) is 122 cm³/mol. The number of piperidine rings is 1. The smallest absolute Gasteiger partial charge is 0.226 e. The Hall–Kier alpha value is -2.08. The van der Waals surface area contributed by atoms with Gasteiger partial charge >= 0.3 is 0 Å². The van der Waals surface area contributed by atoms with Gasteiger partial charge in [-0.1, -0.05) is 42.0 Å². The largest absolute Gasteiger partial charge is 0.489 e. The molecule has 3 rings (SSSR count). The molecule has 0 spiro atoms. The van der Waals surface area contributed by atoms with Crippen LogP contribution in [0.3, 0.4) is 0 Å². The molecule has 1 fully saturated rings. The highest BCUT2D eigenvalue weighted by molar-refractivity contribution is 5.85. The highest BCUT2D eigenvalue weighted by Crippen LogP contribution is 2.19. The maximum Gasteiger partial charge on any atom is 0.226 e. The van der Waals surface area contributed by atoms with Crippen LogP contribution in [0.5, 0.6) is 5.75 Å². The third-order valence-corrected chi connectivity index (χ3v) is 5.24. The zero-order valence-corrected chi connectivity index (χ0v) is 18.5. The normalized spacial score (nSPS) is 14.3. The van der Waals surface area contributed by atoms with Gasteiger partial charge in [0.1, 0.15) is 12.4 Å². The van der Waals surface area contributed by atoms with Gasteiger partial charge in [-0.05, 0) is 56.0 Å². The number of rotatable bonds is 9. The van der Waals surface area contributed by atoms with E-state index in [4.69, 9.17) is 15.2 Å². The number of carbonyl (C=O) groups is 1. The minimum absolute atomic E-state index is 0. The van der Waals surface area contributed by atoms with Crippen LogP contribution in [0.4, 0.5) is 0 Å². The summed E-state index contributed by atoms with van der Waals surface area (Å²) in [5, 5.41) is 0. The lowest BCUT2D eigenvalue weighted by Crippen LogP contribution is -2.41. The highest BCUT2D eigenvalue weighted by atomic mass is 35.5. The van der Waals surface area contributed by atoms with E-state index in [-0.39, 0.29) is 24.4 Å². The lowest BCUT2D eigenvalue weighted by atomic mass is 10.1. The number of nitrogens with two attached hydrogens (primary N) is 1. The van der Waals surface area contributed by atoms with E-state index in [2.05, 4.69) is 25.1 Å². The van der Waals surface area contributed by atoms with Gasteiger partial charge in [0.2, 0.25) is 5.91 Å². The van der Waals surface area contributed by atoms with Crippen molar-refractivity contribution >= 4 is 18.3 Å². The second-order valence-electron chi connectivity index (χ2n) is 7.70. The van der Waals surface area contributed by atoms with Crippen molar-refractivity contribution in [1.29, 1.82) is 0 Å². The number of aryl methyl sites for hydroxylation is 1. The summed E-state index contributed by atoms with van der Waals surface area (Å²) in [6, 6.07) is 16.1. The van der Waals surface area contributed by atoms with Crippen LogP contribution in [-0.2, 0) is 22.6 Å². The third-order valence-electron chi connectivity index (χ3n) is 5.24. The van der Waals surface area contributed by atoms with Crippen LogP contribution in [0, 0.1) is 6.92 Å². The van der Waals surface area contributed by atoms with Crippen molar-refractivity contribution in [1.82, 2.24) is 4.90 Å². The SMILES string of the molecule is Cc1cccc(COc2cccc(CC(=O)N3CCC(OCCCN)CC3)c2)c1.Cl. The maximum atomic E-state index is 12.7. The number of ether oxygens (including phenoxy) is 2. The summed E-state index contributed by atoms with van der Waals surface area (Å²) in [6.45, 7) is 5.49. The van der Waals surface area contributed by atoms with Gasteiger partial charge in [0.15, 0.2) is 0 Å². The van der Waals surface area contributed by atoms with E-state index in [0.29, 0.717) is 26.2 Å². The van der Waals surface area contributed by atoms with E-state index >= 15 is 0 Å². The Kier molecular flexibility index (Phi) is 10.1. The summed E-state index contributed by atoms with van der Waals surface area (Å²) in [6.07, 6.45) is 3.34. The fourth-order valence-electron chi connectivity index (χ4n) is 3.61. The molecule has 1 aliphatic rings. The molecule has 1 amide bonds. The van der Waals surface area contributed by atoms with Gasteiger partial charge in [0.25, 0.3) is 0 Å². The second kappa shape index (κ2) is 12.6. The van der Waals surface area contributed by atoms with Crippen LogP contribution in [0.1, 0.15) is 36.0 Å². The number of likely N-dealkylation sites (tertiary alicyclic amines) is 1. The van der Waals surface area contributed by atoms with Gasteiger partial charge in [0, 0.05) is 19.7 Å². The molecule has 2 aromatic rings. The van der Waals surface area contributed by atoms with Crippen LogP contribution < -0.4 is 10.5 Å². The summed E-state index contributed by atoms with van der Waals surface area (Å²) < 4.78 is 11.7. The van der Waals surface area contributed by atoms with E-state index in [9.17, 15) is 4.79 Å². The Balaban J connectivity index is 0.00000320. The Labute approximate surface area is 186 Å². The van der Waals surface area contributed by atoms with Crippen molar-refractivity contribution in [2.75, 3.05) is 26.2 Å². The number of halogens is 1. The standard InChI is InChI=1S/C24H32N2O3.ClH/c1-19-5-2-7-21(15-19)18-29-23-8-3-6-20(16-23)17-24(27)26-12-9-22(10-13-26)28-14-4-11-25;/h2-3,5-8,15-16,22H,4,9-14,17-18,25H2,1H3;1H. The monoisotopic (exact) mass is 432 g/mol. The van der Waals surface area contributed by atoms with Crippen LogP contribution in [0.2, 0.25) is 0 Å². The van der Waals surface area contributed by atoms with Gasteiger partial charge in [0.05, 0.1) is 12.5 Å². The fourth-order valence-corrected chi connectivity index (χ4v) is 3.61. The third kappa shape index (κ3) is 7.63. The average Bonchev–Trinajstić information content (AvgIpc) is 2.73. The first-order valence-electron chi connectivity index (χ1n) is 10.5. The average molecular weight is 433 g/mol. The number of hydrogen-bond acceptors (Lipinski definition) is 4. The Bertz CT molecular complexity index is 792. The van der Waals surface area contributed by atoms with Crippen LogP contribution in [0.25, 0.3) is 0 Å². The molecule has 0 bridgehead atoms. The van der Waals surface area contributed by atoms with Gasteiger partial charge in [-0.2, -0.15) is 0 Å². The molecular weight excluding hydrogens is 400 g/mol. The molecule has 164 valence electrons. The molecule has 0 saturated carbocycles. The summed E-state index contributed by atoms with van der Waals surface area (Å²) in [5.41, 5.74) is 8.85. The quantitative estimate of drug-likeness (QED) is 0.610. The Morgan fingerprint density at radius 2 is 1.83 bits per heavy atom. The number of hydrogen-bond donors (Lipinski definition) is 1. The maximum absolute atomic E-state index is 12.7. The summed E-state index contributed by atoms with van der Waals surface area (Å²) in [5.74, 6) is 0.963. The van der Waals surface area contributed by atoms with E-state index in [1.54, 1.807) is 0 Å². The van der Waals surface area contributed by atoms with Crippen molar-refractivity contribution in [3.8, 4) is 5.75 Å². The first-order valence-corrected chi connectivity index (χ1v) is 10.5.